The first-order valence-corrected chi connectivity index (χ1v) is 7.85. The first kappa shape index (κ1) is 17.8. The summed E-state index contributed by atoms with van der Waals surface area (Å²) in [5, 5.41) is 3.36. The molecule has 0 aliphatic heterocycles. The van der Waals surface area contributed by atoms with Crippen LogP contribution in [0.25, 0.3) is 0 Å². The number of amides is 2. The minimum Gasteiger partial charge on any atom is -0.497 e. The number of hydrogen-bond acceptors (Lipinski definition) is 3. The van der Waals surface area contributed by atoms with Crippen LogP contribution in [-0.4, -0.2) is 32.0 Å². The number of halogens is 1. The second-order valence-corrected chi connectivity index (χ2v) is 5.57. The zero-order valence-electron chi connectivity index (χ0n) is 13.6. The van der Waals surface area contributed by atoms with Crippen molar-refractivity contribution in [1.82, 2.24) is 5.32 Å². The Morgan fingerprint density at radius 2 is 1.88 bits per heavy atom. The van der Waals surface area contributed by atoms with Crippen LogP contribution in [0.15, 0.2) is 48.5 Å². The van der Waals surface area contributed by atoms with Crippen LogP contribution in [0.5, 0.6) is 5.75 Å². The molecule has 0 radical (unpaired) electrons. The summed E-state index contributed by atoms with van der Waals surface area (Å²) in [6, 6.07) is 13.9. The van der Waals surface area contributed by atoms with Crippen molar-refractivity contribution >= 4 is 29.1 Å². The molecule has 0 saturated carbocycles. The van der Waals surface area contributed by atoms with Gasteiger partial charge in [-0.1, -0.05) is 17.7 Å². The van der Waals surface area contributed by atoms with Crippen LogP contribution in [0.3, 0.4) is 0 Å². The fraction of sp³-hybridized carbons (Fsp3) is 0.222. The number of hydrogen-bond donors (Lipinski definition) is 1. The maximum atomic E-state index is 12.1. The van der Waals surface area contributed by atoms with Crippen molar-refractivity contribution in [3.63, 3.8) is 0 Å². The molecule has 1 N–H and O–H groups in total. The van der Waals surface area contributed by atoms with Gasteiger partial charge < -0.3 is 15.0 Å². The molecule has 0 saturated heterocycles. The molecule has 126 valence electrons. The van der Waals surface area contributed by atoms with E-state index in [0.29, 0.717) is 35.1 Å². The van der Waals surface area contributed by atoms with Gasteiger partial charge in [0.1, 0.15) is 5.75 Å². The molecule has 2 aromatic carbocycles. The Hall–Kier alpha value is -2.53. The van der Waals surface area contributed by atoms with Gasteiger partial charge in [-0.25, -0.2) is 0 Å². The van der Waals surface area contributed by atoms with Crippen LogP contribution in [0.4, 0.5) is 5.69 Å². The molecule has 0 unspecified atom stereocenters. The highest BCUT2D eigenvalue weighted by atomic mass is 35.5. The van der Waals surface area contributed by atoms with Crippen LogP contribution < -0.4 is 15.0 Å². The average molecular weight is 347 g/mol. The van der Waals surface area contributed by atoms with Crippen molar-refractivity contribution in [3.05, 3.63) is 59.1 Å². The molecular formula is C18H19ClN2O3. The maximum Gasteiger partial charge on any atom is 0.251 e. The van der Waals surface area contributed by atoms with Crippen molar-refractivity contribution in [2.24, 2.45) is 0 Å². The smallest absolute Gasteiger partial charge is 0.251 e. The lowest BCUT2D eigenvalue weighted by Crippen LogP contribution is -2.37. The number of rotatable bonds is 6. The van der Waals surface area contributed by atoms with Gasteiger partial charge in [0.25, 0.3) is 5.91 Å². The van der Waals surface area contributed by atoms with Gasteiger partial charge >= 0.3 is 0 Å². The van der Waals surface area contributed by atoms with Crippen molar-refractivity contribution in [1.29, 1.82) is 0 Å². The van der Waals surface area contributed by atoms with E-state index in [1.54, 1.807) is 60.5 Å². The van der Waals surface area contributed by atoms with Gasteiger partial charge in [-0.05, 0) is 42.5 Å². The molecule has 0 atom stereocenters. The first-order chi connectivity index (χ1) is 11.5. The quantitative estimate of drug-likeness (QED) is 0.874. The third kappa shape index (κ3) is 4.73. The van der Waals surface area contributed by atoms with Crippen LogP contribution in [-0.2, 0) is 4.79 Å². The van der Waals surface area contributed by atoms with Gasteiger partial charge in [0.05, 0.1) is 7.11 Å². The van der Waals surface area contributed by atoms with E-state index in [9.17, 15) is 9.59 Å². The lowest BCUT2D eigenvalue weighted by molar-refractivity contribution is -0.116. The number of nitrogens with zero attached hydrogens (tertiary/aromatic N) is 1. The first-order valence-electron chi connectivity index (χ1n) is 7.47. The minimum atomic E-state index is -0.202. The summed E-state index contributed by atoms with van der Waals surface area (Å²) in [6.45, 7) is 2.17. The number of benzene rings is 2. The van der Waals surface area contributed by atoms with Gasteiger partial charge in [0, 0.05) is 36.3 Å². The van der Waals surface area contributed by atoms with Crippen molar-refractivity contribution in [2.75, 3.05) is 25.1 Å². The van der Waals surface area contributed by atoms with Crippen molar-refractivity contribution in [3.8, 4) is 5.75 Å². The average Bonchev–Trinajstić information content (AvgIpc) is 2.58. The Bertz CT molecular complexity index is 716. The monoisotopic (exact) mass is 346 g/mol. The molecule has 0 aliphatic rings. The highest BCUT2D eigenvalue weighted by Gasteiger charge is 2.12. The van der Waals surface area contributed by atoms with Gasteiger partial charge in [-0.3, -0.25) is 9.59 Å². The van der Waals surface area contributed by atoms with Crippen LogP contribution in [0.1, 0.15) is 17.3 Å². The second-order valence-electron chi connectivity index (χ2n) is 5.13. The van der Waals surface area contributed by atoms with Gasteiger partial charge in [-0.2, -0.15) is 0 Å². The van der Waals surface area contributed by atoms with Crippen molar-refractivity contribution < 1.29 is 14.3 Å². The molecule has 0 spiro atoms. The van der Waals surface area contributed by atoms with E-state index in [2.05, 4.69) is 5.32 Å². The molecule has 0 bridgehead atoms. The van der Waals surface area contributed by atoms with E-state index >= 15 is 0 Å². The zero-order chi connectivity index (χ0) is 17.5. The second kappa shape index (κ2) is 8.36. The summed E-state index contributed by atoms with van der Waals surface area (Å²) in [7, 11) is 1.57. The summed E-state index contributed by atoms with van der Waals surface area (Å²) in [4.78, 5) is 25.5. The summed E-state index contributed by atoms with van der Waals surface area (Å²) in [6.07, 6.45) is 0. The molecule has 0 aliphatic carbocycles. The van der Waals surface area contributed by atoms with Gasteiger partial charge in [0.2, 0.25) is 5.91 Å². The lowest BCUT2D eigenvalue weighted by Gasteiger charge is -2.21. The Kier molecular flexibility index (Phi) is 6.21. The third-order valence-corrected chi connectivity index (χ3v) is 3.71. The molecule has 0 aromatic heterocycles. The third-order valence-electron chi connectivity index (χ3n) is 3.47. The standard InChI is InChI=1S/C18H19ClN2O3/c1-13(22)21(16-5-3-4-15(19)12-16)11-10-20-18(23)14-6-8-17(24-2)9-7-14/h3-9,12H,10-11H2,1-2H3,(H,20,23). The largest absolute Gasteiger partial charge is 0.497 e. The predicted molar refractivity (Wildman–Crippen MR) is 94.8 cm³/mol. The SMILES string of the molecule is COc1ccc(C(=O)NCCN(C(C)=O)c2cccc(Cl)c2)cc1. The molecule has 0 fully saturated rings. The fourth-order valence-corrected chi connectivity index (χ4v) is 2.42. The van der Waals surface area contributed by atoms with Crippen LogP contribution >= 0.6 is 11.6 Å². The van der Waals surface area contributed by atoms with E-state index in [1.807, 2.05) is 0 Å². The molecular weight excluding hydrogens is 328 g/mol. The normalized spacial score (nSPS) is 10.1. The minimum absolute atomic E-state index is 0.115. The molecule has 2 aromatic rings. The van der Waals surface area contributed by atoms with E-state index in [0.717, 1.165) is 0 Å². The summed E-state index contributed by atoms with van der Waals surface area (Å²) < 4.78 is 5.06. The Balaban J connectivity index is 1.95. The highest BCUT2D eigenvalue weighted by molar-refractivity contribution is 6.30. The van der Waals surface area contributed by atoms with Crippen molar-refractivity contribution in [2.45, 2.75) is 6.92 Å². The molecule has 5 nitrogen and oxygen atoms in total. The number of anilines is 1. The molecule has 24 heavy (non-hydrogen) atoms. The lowest BCUT2D eigenvalue weighted by atomic mass is 10.2. The fourth-order valence-electron chi connectivity index (χ4n) is 2.24. The Morgan fingerprint density at radius 1 is 1.17 bits per heavy atom. The Labute approximate surface area is 146 Å². The molecule has 2 rings (SSSR count). The summed E-state index contributed by atoms with van der Waals surface area (Å²) >= 11 is 5.96. The van der Waals surface area contributed by atoms with E-state index in [1.165, 1.54) is 6.92 Å². The van der Waals surface area contributed by atoms with Gasteiger partial charge in [0.15, 0.2) is 0 Å². The number of ether oxygens (including phenoxy) is 1. The molecule has 0 heterocycles. The number of carbonyl (C=O) groups is 2. The molecule has 6 heteroatoms. The van der Waals surface area contributed by atoms with E-state index in [4.69, 9.17) is 16.3 Å². The number of methoxy groups -OCH3 is 1. The number of nitrogens with one attached hydrogen (secondary N) is 1. The van der Waals surface area contributed by atoms with Crippen LogP contribution in [0, 0.1) is 0 Å². The maximum absolute atomic E-state index is 12.1. The highest BCUT2D eigenvalue weighted by Crippen LogP contribution is 2.19. The summed E-state index contributed by atoms with van der Waals surface area (Å²) in [5.74, 6) is 0.374. The zero-order valence-corrected chi connectivity index (χ0v) is 14.3. The topological polar surface area (TPSA) is 58.6 Å². The predicted octanol–water partition coefficient (Wildman–Crippen LogP) is 3.13. The summed E-state index contributed by atoms with van der Waals surface area (Å²) in [5.41, 5.74) is 1.24. The van der Waals surface area contributed by atoms with E-state index in [-0.39, 0.29) is 11.8 Å². The Morgan fingerprint density at radius 3 is 2.46 bits per heavy atom. The van der Waals surface area contributed by atoms with Gasteiger partial charge in [-0.15, -0.1) is 0 Å². The molecule has 2 amide bonds. The van der Waals surface area contributed by atoms with E-state index < -0.39 is 0 Å². The van der Waals surface area contributed by atoms with Crippen LogP contribution in [0.2, 0.25) is 5.02 Å². The number of carbonyl (C=O) groups excluding carboxylic acids is 2.